The largest absolute Gasteiger partial charge is 0.385 e. The standard InChI is InChI=1S/C13H25NO2S/c1-12(2,6-7-16-3)9-14-11(15)8-13(10-17)4-5-13/h17H,4-10H2,1-3H3,(H,14,15). The van der Waals surface area contributed by atoms with Crippen LogP contribution >= 0.6 is 12.6 Å². The van der Waals surface area contributed by atoms with E-state index in [1.807, 2.05) is 0 Å². The first kappa shape index (κ1) is 14.8. The molecular formula is C13H25NO2S. The van der Waals surface area contributed by atoms with E-state index < -0.39 is 0 Å². The summed E-state index contributed by atoms with van der Waals surface area (Å²) in [7, 11) is 1.71. The second-order valence-corrected chi connectivity index (χ2v) is 6.33. The summed E-state index contributed by atoms with van der Waals surface area (Å²) in [5.41, 5.74) is 0.313. The molecule has 0 aromatic rings. The molecule has 0 unspecified atom stereocenters. The highest BCUT2D eigenvalue weighted by Crippen LogP contribution is 2.49. The highest BCUT2D eigenvalue weighted by molar-refractivity contribution is 7.80. The van der Waals surface area contributed by atoms with Crippen molar-refractivity contribution in [3.8, 4) is 0 Å². The van der Waals surface area contributed by atoms with Crippen LogP contribution in [-0.2, 0) is 9.53 Å². The van der Waals surface area contributed by atoms with Crippen molar-refractivity contribution in [1.29, 1.82) is 0 Å². The zero-order chi connectivity index (χ0) is 12.9. The minimum atomic E-state index is 0.101. The van der Waals surface area contributed by atoms with E-state index in [0.29, 0.717) is 6.42 Å². The predicted molar refractivity (Wildman–Crippen MR) is 73.4 cm³/mol. The van der Waals surface area contributed by atoms with Crippen LogP contribution in [0.2, 0.25) is 0 Å². The van der Waals surface area contributed by atoms with Crippen molar-refractivity contribution in [1.82, 2.24) is 5.32 Å². The summed E-state index contributed by atoms with van der Waals surface area (Å²) in [6.07, 6.45) is 3.90. The highest BCUT2D eigenvalue weighted by atomic mass is 32.1. The average molecular weight is 259 g/mol. The van der Waals surface area contributed by atoms with E-state index >= 15 is 0 Å². The maximum absolute atomic E-state index is 11.8. The molecule has 1 fully saturated rings. The average Bonchev–Trinajstić information content (AvgIpc) is 3.05. The second kappa shape index (κ2) is 6.10. The van der Waals surface area contributed by atoms with Crippen LogP contribution in [0.3, 0.4) is 0 Å². The molecule has 0 saturated heterocycles. The van der Waals surface area contributed by atoms with Crippen LogP contribution in [0, 0.1) is 10.8 Å². The quantitative estimate of drug-likeness (QED) is 0.656. The van der Waals surface area contributed by atoms with E-state index in [4.69, 9.17) is 4.74 Å². The molecule has 0 spiro atoms. The van der Waals surface area contributed by atoms with Crippen molar-refractivity contribution >= 4 is 18.5 Å². The number of nitrogens with one attached hydrogen (secondary N) is 1. The lowest BCUT2D eigenvalue weighted by molar-refractivity contribution is -0.122. The molecule has 1 rings (SSSR count). The molecule has 1 N–H and O–H groups in total. The summed E-state index contributed by atoms with van der Waals surface area (Å²) >= 11 is 4.31. The van der Waals surface area contributed by atoms with Crippen molar-refractivity contribution in [2.24, 2.45) is 10.8 Å². The number of ether oxygens (including phenoxy) is 1. The van der Waals surface area contributed by atoms with Crippen LogP contribution in [0.25, 0.3) is 0 Å². The Morgan fingerprint density at radius 1 is 1.47 bits per heavy atom. The number of methoxy groups -OCH3 is 1. The maximum atomic E-state index is 11.8. The summed E-state index contributed by atoms with van der Waals surface area (Å²) < 4.78 is 5.07. The Hall–Kier alpha value is -0.220. The molecule has 0 aromatic heterocycles. The first-order valence-corrected chi connectivity index (χ1v) is 6.93. The van der Waals surface area contributed by atoms with E-state index in [2.05, 4.69) is 31.8 Å². The molecule has 100 valence electrons. The maximum Gasteiger partial charge on any atom is 0.220 e. The van der Waals surface area contributed by atoms with Gasteiger partial charge in [-0.25, -0.2) is 0 Å². The van der Waals surface area contributed by atoms with Crippen LogP contribution in [0.4, 0.5) is 0 Å². The van der Waals surface area contributed by atoms with Crippen LogP contribution in [0.5, 0.6) is 0 Å². The summed E-state index contributed by atoms with van der Waals surface area (Å²) in [5, 5.41) is 3.03. The number of thiol groups is 1. The third-order valence-corrected chi connectivity index (χ3v) is 4.25. The lowest BCUT2D eigenvalue weighted by Gasteiger charge is -2.25. The summed E-state index contributed by atoms with van der Waals surface area (Å²) in [5.74, 6) is 0.995. The first-order valence-electron chi connectivity index (χ1n) is 6.30. The minimum Gasteiger partial charge on any atom is -0.385 e. The Balaban J connectivity index is 2.23. The van der Waals surface area contributed by atoms with Crippen molar-refractivity contribution < 1.29 is 9.53 Å². The molecule has 1 aliphatic rings. The second-order valence-electron chi connectivity index (χ2n) is 6.02. The fourth-order valence-corrected chi connectivity index (χ4v) is 2.20. The third-order valence-electron chi connectivity index (χ3n) is 3.58. The molecule has 4 heteroatoms. The van der Waals surface area contributed by atoms with Gasteiger partial charge in [0.15, 0.2) is 0 Å². The van der Waals surface area contributed by atoms with Gasteiger partial charge in [0.25, 0.3) is 0 Å². The monoisotopic (exact) mass is 259 g/mol. The Morgan fingerprint density at radius 3 is 2.59 bits per heavy atom. The molecule has 1 saturated carbocycles. The Labute approximate surface area is 110 Å². The fourth-order valence-electron chi connectivity index (χ4n) is 1.78. The Morgan fingerprint density at radius 2 is 2.12 bits per heavy atom. The van der Waals surface area contributed by atoms with E-state index in [-0.39, 0.29) is 16.7 Å². The van der Waals surface area contributed by atoms with E-state index in [1.165, 1.54) is 0 Å². The number of carbonyl (C=O) groups is 1. The molecule has 0 radical (unpaired) electrons. The van der Waals surface area contributed by atoms with E-state index in [9.17, 15) is 4.79 Å². The van der Waals surface area contributed by atoms with Gasteiger partial charge in [-0.15, -0.1) is 0 Å². The molecular weight excluding hydrogens is 234 g/mol. The molecule has 1 aliphatic carbocycles. The van der Waals surface area contributed by atoms with Gasteiger partial charge in [-0.1, -0.05) is 13.8 Å². The molecule has 3 nitrogen and oxygen atoms in total. The van der Waals surface area contributed by atoms with Gasteiger partial charge in [-0.2, -0.15) is 12.6 Å². The normalized spacial score (nSPS) is 17.9. The van der Waals surface area contributed by atoms with Gasteiger partial charge < -0.3 is 10.1 Å². The van der Waals surface area contributed by atoms with Crippen molar-refractivity contribution in [2.45, 2.75) is 39.5 Å². The molecule has 0 bridgehead atoms. The molecule has 0 aliphatic heterocycles. The van der Waals surface area contributed by atoms with Gasteiger partial charge in [0.2, 0.25) is 5.91 Å². The zero-order valence-corrected chi connectivity index (χ0v) is 12.1. The van der Waals surface area contributed by atoms with Gasteiger partial charge in [0.1, 0.15) is 0 Å². The highest BCUT2D eigenvalue weighted by Gasteiger charge is 2.42. The number of amides is 1. The SMILES string of the molecule is COCCC(C)(C)CNC(=O)CC1(CS)CC1. The first-order chi connectivity index (χ1) is 7.93. The van der Waals surface area contributed by atoms with Gasteiger partial charge in [-0.3, -0.25) is 4.79 Å². The summed E-state index contributed by atoms with van der Waals surface area (Å²) in [4.78, 5) is 11.8. The number of hydrogen-bond acceptors (Lipinski definition) is 3. The fraction of sp³-hybridized carbons (Fsp3) is 0.923. The smallest absolute Gasteiger partial charge is 0.220 e. The van der Waals surface area contributed by atoms with Gasteiger partial charge >= 0.3 is 0 Å². The van der Waals surface area contributed by atoms with E-state index in [1.54, 1.807) is 7.11 Å². The van der Waals surface area contributed by atoms with Gasteiger partial charge in [-0.05, 0) is 35.8 Å². The van der Waals surface area contributed by atoms with Crippen molar-refractivity contribution in [2.75, 3.05) is 26.0 Å². The predicted octanol–water partition coefficient (Wildman–Crippen LogP) is 2.27. The Kier molecular flexibility index (Phi) is 5.32. The lowest BCUT2D eigenvalue weighted by Crippen LogP contribution is -2.35. The van der Waals surface area contributed by atoms with Crippen LogP contribution < -0.4 is 5.32 Å². The number of hydrogen-bond donors (Lipinski definition) is 2. The van der Waals surface area contributed by atoms with Gasteiger partial charge in [0.05, 0.1) is 0 Å². The number of carbonyl (C=O) groups excluding carboxylic acids is 1. The Bertz CT molecular complexity index is 262. The van der Waals surface area contributed by atoms with E-state index in [0.717, 1.165) is 38.2 Å². The topological polar surface area (TPSA) is 38.3 Å². The molecule has 0 atom stereocenters. The van der Waals surface area contributed by atoms with Crippen LogP contribution in [0.15, 0.2) is 0 Å². The number of rotatable bonds is 8. The molecule has 0 heterocycles. The zero-order valence-electron chi connectivity index (χ0n) is 11.2. The lowest BCUT2D eigenvalue weighted by atomic mass is 9.89. The molecule has 1 amide bonds. The molecule has 17 heavy (non-hydrogen) atoms. The van der Waals surface area contributed by atoms with Crippen LogP contribution in [0.1, 0.15) is 39.5 Å². The van der Waals surface area contributed by atoms with Crippen LogP contribution in [-0.4, -0.2) is 31.9 Å². The summed E-state index contributed by atoms with van der Waals surface area (Å²) in [6.45, 7) is 5.76. The third kappa shape index (κ3) is 5.30. The minimum absolute atomic E-state index is 0.101. The van der Waals surface area contributed by atoms with Crippen molar-refractivity contribution in [3.05, 3.63) is 0 Å². The summed E-state index contributed by atoms with van der Waals surface area (Å²) in [6, 6.07) is 0. The van der Waals surface area contributed by atoms with Crippen molar-refractivity contribution in [3.63, 3.8) is 0 Å². The molecule has 0 aromatic carbocycles. The van der Waals surface area contributed by atoms with Gasteiger partial charge in [0, 0.05) is 26.7 Å².